The zero-order chi connectivity index (χ0) is 18.6. The third-order valence-electron chi connectivity index (χ3n) is 4.40. The molecule has 5 nitrogen and oxygen atoms in total. The number of alkyl carbamates (subject to hydrolysis) is 1. The molecule has 0 bridgehead atoms. The lowest BCUT2D eigenvalue weighted by molar-refractivity contribution is 0.143. The summed E-state index contributed by atoms with van der Waals surface area (Å²) in [5.74, 6) is -0.250. The molecule has 0 heterocycles. The Bertz CT molecular complexity index is 875. The summed E-state index contributed by atoms with van der Waals surface area (Å²) in [4.78, 5) is 11.9. The molecule has 0 fully saturated rings. The molecule has 136 valence electrons. The Labute approximate surface area is 153 Å². The van der Waals surface area contributed by atoms with Crippen LogP contribution in [0, 0.1) is 0 Å². The zero-order valence-corrected chi connectivity index (χ0v) is 15.2. The fourth-order valence-electron chi connectivity index (χ4n) is 3.22. The molecule has 26 heavy (non-hydrogen) atoms. The van der Waals surface area contributed by atoms with Crippen molar-refractivity contribution in [3.63, 3.8) is 0 Å². The Hall–Kier alpha value is -2.60. The summed E-state index contributed by atoms with van der Waals surface area (Å²) < 4.78 is 28.5. The monoisotopic (exact) mass is 371 g/mol. The molecule has 0 aromatic heterocycles. The fourth-order valence-corrected chi connectivity index (χ4v) is 4.16. The number of nitrogens with one attached hydrogen (secondary N) is 1. The minimum atomic E-state index is -3.23. The minimum absolute atomic E-state index is 0.0161. The van der Waals surface area contributed by atoms with E-state index >= 15 is 0 Å². The standard InChI is InChI=1S/C20H21NO4S/c1-2-12-26(23,24)13-11-21-20(22)25-14-19-17-9-5-3-7-15(17)16-8-4-6-10-18(16)19/h2-10,19H,1,11-14H2,(H,21,22). The molecule has 0 saturated carbocycles. The average molecular weight is 371 g/mol. The molecule has 0 saturated heterocycles. The lowest BCUT2D eigenvalue weighted by Crippen LogP contribution is -2.31. The summed E-state index contributed by atoms with van der Waals surface area (Å²) in [6.07, 6.45) is 0.725. The molecule has 0 unspecified atom stereocenters. The van der Waals surface area contributed by atoms with E-state index in [1.165, 1.54) is 6.08 Å². The number of rotatable bonds is 7. The maximum absolute atomic E-state index is 11.9. The van der Waals surface area contributed by atoms with E-state index < -0.39 is 15.9 Å². The third kappa shape index (κ3) is 3.96. The van der Waals surface area contributed by atoms with Crippen molar-refractivity contribution in [2.24, 2.45) is 0 Å². The van der Waals surface area contributed by atoms with E-state index in [-0.39, 0.29) is 30.6 Å². The normalized spacial score (nSPS) is 12.9. The van der Waals surface area contributed by atoms with Gasteiger partial charge in [0.15, 0.2) is 9.84 Å². The second-order valence-corrected chi connectivity index (χ2v) is 8.38. The number of carbonyl (C=O) groups excluding carboxylic acids is 1. The van der Waals surface area contributed by atoms with Gasteiger partial charge in [0.1, 0.15) is 6.61 Å². The Balaban J connectivity index is 1.60. The number of amides is 1. The first-order valence-corrected chi connectivity index (χ1v) is 10.2. The number of carbonyl (C=O) groups is 1. The van der Waals surface area contributed by atoms with Crippen molar-refractivity contribution in [1.82, 2.24) is 5.32 Å². The predicted molar refractivity (Wildman–Crippen MR) is 102 cm³/mol. The van der Waals surface area contributed by atoms with Crippen molar-refractivity contribution >= 4 is 15.9 Å². The van der Waals surface area contributed by atoms with Gasteiger partial charge in [-0.2, -0.15) is 0 Å². The third-order valence-corrected chi connectivity index (χ3v) is 5.97. The van der Waals surface area contributed by atoms with Gasteiger partial charge in [0, 0.05) is 12.5 Å². The van der Waals surface area contributed by atoms with E-state index in [2.05, 4.69) is 24.0 Å². The topological polar surface area (TPSA) is 72.5 Å². The molecule has 1 aliphatic rings. The van der Waals surface area contributed by atoms with E-state index in [0.717, 1.165) is 22.3 Å². The van der Waals surface area contributed by atoms with Crippen molar-refractivity contribution in [3.05, 3.63) is 72.3 Å². The molecule has 0 radical (unpaired) electrons. The van der Waals surface area contributed by atoms with Crippen LogP contribution in [-0.4, -0.2) is 39.2 Å². The van der Waals surface area contributed by atoms with Crippen molar-refractivity contribution in [2.75, 3.05) is 24.7 Å². The average Bonchev–Trinajstić information content (AvgIpc) is 2.94. The molecular weight excluding hydrogens is 350 g/mol. The van der Waals surface area contributed by atoms with Crippen LogP contribution in [0.1, 0.15) is 17.0 Å². The smallest absolute Gasteiger partial charge is 0.407 e. The summed E-state index contributed by atoms with van der Waals surface area (Å²) >= 11 is 0. The fraction of sp³-hybridized carbons (Fsp3) is 0.250. The van der Waals surface area contributed by atoms with Crippen LogP contribution in [0.2, 0.25) is 0 Å². The number of ether oxygens (including phenoxy) is 1. The summed E-state index contributed by atoms with van der Waals surface area (Å²) in [6.45, 7) is 3.64. The molecule has 6 heteroatoms. The molecule has 1 amide bonds. The van der Waals surface area contributed by atoms with E-state index in [4.69, 9.17) is 4.74 Å². The Morgan fingerprint density at radius 3 is 2.23 bits per heavy atom. The molecule has 3 rings (SSSR count). The maximum Gasteiger partial charge on any atom is 0.407 e. The van der Waals surface area contributed by atoms with Crippen molar-refractivity contribution in [2.45, 2.75) is 5.92 Å². The van der Waals surface area contributed by atoms with Crippen molar-refractivity contribution in [1.29, 1.82) is 0 Å². The largest absolute Gasteiger partial charge is 0.449 e. The van der Waals surface area contributed by atoms with Gasteiger partial charge in [0.05, 0.1) is 11.5 Å². The van der Waals surface area contributed by atoms with Crippen LogP contribution in [0.4, 0.5) is 4.79 Å². The highest BCUT2D eigenvalue weighted by Crippen LogP contribution is 2.44. The van der Waals surface area contributed by atoms with Gasteiger partial charge < -0.3 is 10.1 Å². The summed E-state index contributed by atoms with van der Waals surface area (Å²) in [5, 5.41) is 2.49. The highest BCUT2D eigenvalue weighted by atomic mass is 32.2. The van der Waals surface area contributed by atoms with Crippen molar-refractivity contribution in [3.8, 4) is 11.1 Å². The highest BCUT2D eigenvalue weighted by molar-refractivity contribution is 7.91. The van der Waals surface area contributed by atoms with Crippen LogP contribution in [0.3, 0.4) is 0 Å². The Morgan fingerprint density at radius 2 is 1.65 bits per heavy atom. The van der Waals surface area contributed by atoms with Gasteiger partial charge in [0.25, 0.3) is 0 Å². The van der Waals surface area contributed by atoms with E-state index in [1.807, 2.05) is 36.4 Å². The van der Waals surface area contributed by atoms with Crippen LogP contribution in [-0.2, 0) is 14.6 Å². The Kier molecular flexibility index (Phi) is 5.42. The highest BCUT2D eigenvalue weighted by Gasteiger charge is 2.28. The number of sulfone groups is 1. The molecule has 0 atom stereocenters. The van der Waals surface area contributed by atoms with Crippen LogP contribution in [0.25, 0.3) is 11.1 Å². The molecular formula is C20H21NO4S. The predicted octanol–water partition coefficient (Wildman–Crippen LogP) is 3.13. The van der Waals surface area contributed by atoms with Gasteiger partial charge >= 0.3 is 6.09 Å². The van der Waals surface area contributed by atoms with Gasteiger partial charge in [-0.3, -0.25) is 0 Å². The number of hydrogen-bond donors (Lipinski definition) is 1. The van der Waals surface area contributed by atoms with E-state index in [9.17, 15) is 13.2 Å². The Morgan fingerprint density at radius 1 is 1.08 bits per heavy atom. The molecule has 0 spiro atoms. The minimum Gasteiger partial charge on any atom is -0.449 e. The van der Waals surface area contributed by atoms with Gasteiger partial charge in [-0.15, -0.1) is 6.58 Å². The second kappa shape index (κ2) is 7.74. The molecule has 0 aliphatic heterocycles. The molecule has 1 aliphatic carbocycles. The lowest BCUT2D eigenvalue weighted by Gasteiger charge is -2.14. The first kappa shape index (κ1) is 18.2. The second-order valence-electron chi connectivity index (χ2n) is 6.16. The van der Waals surface area contributed by atoms with E-state index in [0.29, 0.717) is 0 Å². The quantitative estimate of drug-likeness (QED) is 0.759. The molecule has 2 aromatic carbocycles. The van der Waals surface area contributed by atoms with Gasteiger partial charge in [-0.25, -0.2) is 13.2 Å². The first-order chi connectivity index (χ1) is 12.5. The van der Waals surface area contributed by atoms with E-state index in [1.54, 1.807) is 0 Å². The number of hydrogen-bond acceptors (Lipinski definition) is 4. The summed E-state index contributed by atoms with van der Waals surface area (Å²) in [6, 6.07) is 16.2. The van der Waals surface area contributed by atoms with Gasteiger partial charge in [-0.1, -0.05) is 54.6 Å². The number of benzene rings is 2. The molecule has 2 aromatic rings. The van der Waals surface area contributed by atoms with Crippen LogP contribution in [0.5, 0.6) is 0 Å². The maximum atomic E-state index is 11.9. The lowest BCUT2D eigenvalue weighted by atomic mass is 9.98. The summed E-state index contributed by atoms with van der Waals surface area (Å²) in [5.41, 5.74) is 4.59. The van der Waals surface area contributed by atoms with Crippen LogP contribution < -0.4 is 5.32 Å². The van der Waals surface area contributed by atoms with Gasteiger partial charge in [-0.05, 0) is 22.3 Å². The van der Waals surface area contributed by atoms with Gasteiger partial charge in [0.2, 0.25) is 0 Å². The number of fused-ring (bicyclic) bond motifs is 3. The first-order valence-electron chi connectivity index (χ1n) is 8.42. The SMILES string of the molecule is C=CCS(=O)(=O)CCNC(=O)OCC1c2ccccc2-c2ccccc21. The summed E-state index contributed by atoms with van der Waals surface area (Å²) in [7, 11) is -3.23. The zero-order valence-electron chi connectivity index (χ0n) is 14.4. The van der Waals surface area contributed by atoms with Crippen LogP contribution in [0.15, 0.2) is 61.2 Å². The molecule has 1 N–H and O–H groups in total. The van der Waals surface area contributed by atoms with Crippen LogP contribution >= 0.6 is 0 Å². The van der Waals surface area contributed by atoms with Crippen molar-refractivity contribution < 1.29 is 17.9 Å².